The van der Waals surface area contributed by atoms with Crippen molar-refractivity contribution >= 4 is 0 Å². The van der Waals surface area contributed by atoms with Crippen LogP contribution < -0.4 is 5.32 Å². The molecule has 0 radical (unpaired) electrons. The Morgan fingerprint density at radius 2 is 2.00 bits per heavy atom. The van der Waals surface area contributed by atoms with Crippen molar-refractivity contribution in [1.82, 2.24) is 15.3 Å². The molecule has 0 saturated carbocycles. The van der Waals surface area contributed by atoms with E-state index in [1.165, 1.54) is 0 Å². The van der Waals surface area contributed by atoms with Crippen LogP contribution in [-0.4, -0.2) is 17.0 Å². The number of aromatic nitrogens is 2. The molecule has 0 saturated heterocycles. The van der Waals surface area contributed by atoms with E-state index in [4.69, 9.17) is 0 Å². The van der Waals surface area contributed by atoms with Crippen LogP contribution in [0.1, 0.15) is 45.1 Å². The maximum Gasteiger partial charge on any atom is 0.147 e. The van der Waals surface area contributed by atoms with Crippen LogP contribution in [0.15, 0.2) is 12.3 Å². The SMILES string of the molecule is CNC(C)(C)c1nccc(C(C)C)n1. The van der Waals surface area contributed by atoms with E-state index in [0.717, 1.165) is 11.5 Å². The average Bonchev–Trinajstić information content (AvgIpc) is 2.18. The van der Waals surface area contributed by atoms with Crippen LogP contribution >= 0.6 is 0 Å². The van der Waals surface area contributed by atoms with Gasteiger partial charge in [0.15, 0.2) is 0 Å². The average molecular weight is 193 g/mol. The van der Waals surface area contributed by atoms with E-state index < -0.39 is 0 Å². The molecule has 78 valence electrons. The predicted octanol–water partition coefficient (Wildman–Crippen LogP) is 2.05. The molecule has 3 heteroatoms. The first kappa shape index (κ1) is 11.1. The van der Waals surface area contributed by atoms with Crippen LogP contribution in [0.3, 0.4) is 0 Å². The first-order chi connectivity index (χ1) is 6.47. The highest BCUT2D eigenvalue weighted by Gasteiger charge is 2.21. The Hall–Kier alpha value is -0.960. The van der Waals surface area contributed by atoms with Gasteiger partial charge in [-0.2, -0.15) is 0 Å². The van der Waals surface area contributed by atoms with Crippen molar-refractivity contribution in [1.29, 1.82) is 0 Å². The van der Waals surface area contributed by atoms with Gasteiger partial charge >= 0.3 is 0 Å². The molecule has 0 bridgehead atoms. The van der Waals surface area contributed by atoms with E-state index in [1.54, 1.807) is 0 Å². The Balaban J connectivity index is 3.05. The predicted molar refractivity (Wildman–Crippen MR) is 58.2 cm³/mol. The van der Waals surface area contributed by atoms with Crippen LogP contribution in [0, 0.1) is 0 Å². The molecule has 14 heavy (non-hydrogen) atoms. The second-order valence-electron chi connectivity index (χ2n) is 4.33. The van der Waals surface area contributed by atoms with Crippen LogP contribution in [-0.2, 0) is 5.54 Å². The Morgan fingerprint density at radius 1 is 1.36 bits per heavy atom. The quantitative estimate of drug-likeness (QED) is 0.798. The smallest absolute Gasteiger partial charge is 0.147 e. The number of rotatable bonds is 3. The highest BCUT2D eigenvalue weighted by atomic mass is 15.0. The molecule has 3 nitrogen and oxygen atoms in total. The van der Waals surface area contributed by atoms with Crippen molar-refractivity contribution < 1.29 is 0 Å². The van der Waals surface area contributed by atoms with E-state index in [-0.39, 0.29) is 5.54 Å². The topological polar surface area (TPSA) is 37.8 Å². The number of nitrogens with zero attached hydrogens (tertiary/aromatic N) is 2. The van der Waals surface area contributed by atoms with E-state index in [9.17, 15) is 0 Å². The van der Waals surface area contributed by atoms with E-state index >= 15 is 0 Å². The molecule has 0 spiro atoms. The van der Waals surface area contributed by atoms with Crippen LogP contribution in [0.2, 0.25) is 0 Å². The van der Waals surface area contributed by atoms with Crippen molar-refractivity contribution in [2.75, 3.05) is 7.05 Å². The van der Waals surface area contributed by atoms with Gasteiger partial charge in [0.1, 0.15) is 5.82 Å². The Kier molecular flexibility index (Phi) is 3.21. The number of nitrogens with one attached hydrogen (secondary N) is 1. The van der Waals surface area contributed by atoms with E-state index in [2.05, 4.69) is 43.0 Å². The zero-order chi connectivity index (χ0) is 10.8. The van der Waals surface area contributed by atoms with E-state index in [1.807, 2.05) is 19.3 Å². The minimum absolute atomic E-state index is 0.162. The van der Waals surface area contributed by atoms with Gasteiger partial charge in [0, 0.05) is 11.9 Å². The number of hydrogen-bond acceptors (Lipinski definition) is 3. The fraction of sp³-hybridized carbons (Fsp3) is 0.636. The first-order valence-corrected chi connectivity index (χ1v) is 4.99. The molecule has 0 unspecified atom stereocenters. The molecule has 0 aliphatic rings. The fourth-order valence-electron chi connectivity index (χ4n) is 1.11. The summed E-state index contributed by atoms with van der Waals surface area (Å²) in [5.74, 6) is 1.30. The van der Waals surface area contributed by atoms with Gasteiger partial charge in [-0.1, -0.05) is 13.8 Å². The zero-order valence-corrected chi connectivity index (χ0v) is 9.63. The maximum absolute atomic E-state index is 4.54. The van der Waals surface area contributed by atoms with Crippen molar-refractivity contribution in [3.8, 4) is 0 Å². The normalized spacial score (nSPS) is 12.1. The second kappa shape index (κ2) is 4.05. The summed E-state index contributed by atoms with van der Waals surface area (Å²) in [7, 11) is 1.92. The molecule has 1 rings (SSSR count). The van der Waals surface area contributed by atoms with Gasteiger partial charge < -0.3 is 5.32 Å². The third kappa shape index (κ3) is 2.29. The van der Waals surface area contributed by atoms with E-state index in [0.29, 0.717) is 5.92 Å². The van der Waals surface area contributed by atoms with Gasteiger partial charge in [0.05, 0.1) is 5.54 Å². The summed E-state index contributed by atoms with van der Waals surface area (Å²) < 4.78 is 0. The summed E-state index contributed by atoms with van der Waals surface area (Å²) in [5.41, 5.74) is 0.934. The lowest BCUT2D eigenvalue weighted by atomic mass is 10.0. The first-order valence-electron chi connectivity index (χ1n) is 4.99. The summed E-state index contributed by atoms with van der Waals surface area (Å²) >= 11 is 0. The summed E-state index contributed by atoms with van der Waals surface area (Å²) in [6.45, 7) is 8.43. The molecule has 1 aromatic rings. The summed E-state index contributed by atoms with van der Waals surface area (Å²) in [5, 5.41) is 3.20. The molecule has 1 heterocycles. The molecule has 0 amide bonds. The Bertz CT molecular complexity index is 305. The molecule has 0 fully saturated rings. The lowest BCUT2D eigenvalue weighted by Crippen LogP contribution is -2.35. The third-order valence-corrected chi connectivity index (χ3v) is 2.45. The molecule has 0 atom stereocenters. The summed E-state index contributed by atoms with van der Waals surface area (Å²) in [6.07, 6.45) is 1.83. The van der Waals surface area contributed by atoms with Gasteiger partial charge in [-0.05, 0) is 32.9 Å². The largest absolute Gasteiger partial charge is 0.308 e. The minimum atomic E-state index is -0.162. The highest BCUT2D eigenvalue weighted by molar-refractivity contribution is 5.11. The van der Waals surface area contributed by atoms with Crippen LogP contribution in [0.4, 0.5) is 0 Å². The van der Waals surface area contributed by atoms with Gasteiger partial charge in [-0.15, -0.1) is 0 Å². The highest BCUT2D eigenvalue weighted by Crippen LogP contribution is 2.17. The second-order valence-corrected chi connectivity index (χ2v) is 4.33. The monoisotopic (exact) mass is 193 g/mol. The van der Waals surface area contributed by atoms with Gasteiger partial charge in [-0.3, -0.25) is 0 Å². The third-order valence-electron chi connectivity index (χ3n) is 2.45. The Labute approximate surface area is 86.0 Å². The standard InChI is InChI=1S/C11H19N3/c1-8(2)9-6-7-13-10(14-9)11(3,4)12-5/h6-8,12H,1-5H3. The molecule has 0 aliphatic heterocycles. The lowest BCUT2D eigenvalue weighted by Gasteiger charge is -2.22. The van der Waals surface area contributed by atoms with Crippen molar-refractivity contribution in [3.05, 3.63) is 23.8 Å². The molecule has 0 aromatic carbocycles. The number of hydrogen-bond donors (Lipinski definition) is 1. The van der Waals surface area contributed by atoms with Gasteiger partial charge in [0.2, 0.25) is 0 Å². The van der Waals surface area contributed by atoms with Crippen LogP contribution in [0.25, 0.3) is 0 Å². The minimum Gasteiger partial charge on any atom is -0.308 e. The molecule has 1 N–H and O–H groups in total. The summed E-state index contributed by atoms with van der Waals surface area (Å²) in [6, 6.07) is 1.97. The molecular weight excluding hydrogens is 174 g/mol. The fourth-order valence-corrected chi connectivity index (χ4v) is 1.11. The zero-order valence-electron chi connectivity index (χ0n) is 9.63. The Morgan fingerprint density at radius 3 is 2.50 bits per heavy atom. The van der Waals surface area contributed by atoms with Crippen molar-refractivity contribution in [2.45, 2.75) is 39.2 Å². The van der Waals surface area contributed by atoms with Gasteiger partial charge in [0.25, 0.3) is 0 Å². The molecular formula is C11H19N3. The maximum atomic E-state index is 4.54. The van der Waals surface area contributed by atoms with Crippen LogP contribution in [0.5, 0.6) is 0 Å². The van der Waals surface area contributed by atoms with Crippen molar-refractivity contribution in [3.63, 3.8) is 0 Å². The van der Waals surface area contributed by atoms with Crippen molar-refractivity contribution in [2.24, 2.45) is 0 Å². The molecule has 1 aromatic heterocycles. The molecule has 0 aliphatic carbocycles. The van der Waals surface area contributed by atoms with Gasteiger partial charge in [-0.25, -0.2) is 9.97 Å². The summed E-state index contributed by atoms with van der Waals surface area (Å²) in [4.78, 5) is 8.83. The lowest BCUT2D eigenvalue weighted by molar-refractivity contribution is 0.414.